The van der Waals surface area contributed by atoms with Gasteiger partial charge in [0.2, 0.25) is 0 Å². The van der Waals surface area contributed by atoms with Crippen molar-refractivity contribution in [3.05, 3.63) is 51.2 Å². The van der Waals surface area contributed by atoms with Crippen molar-refractivity contribution in [1.82, 2.24) is 0 Å². The summed E-state index contributed by atoms with van der Waals surface area (Å²) in [5.41, 5.74) is 0. The number of hydrogen-bond acceptors (Lipinski definition) is 3. The largest absolute Gasteiger partial charge is 0.474 e. The summed E-state index contributed by atoms with van der Waals surface area (Å²) < 4.78 is 8.56. The molecule has 0 spiro atoms. The quantitative estimate of drug-likeness (QED) is 0.366. The van der Waals surface area contributed by atoms with Crippen LogP contribution < -0.4 is 0 Å². The maximum Gasteiger partial charge on any atom is 0.334 e. The average Bonchev–Trinajstić information content (AvgIpc) is 2.07. The fourth-order valence-corrected chi connectivity index (χ4v) is 0.198. The number of esters is 1. The van der Waals surface area contributed by atoms with Crippen molar-refractivity contribution in [3.8, 4) is 0 Å². The number of rotatable bonds is 4. The molecule has 0 amide bonds. The maximum atomic E-state index is 10.0. The molecule has 0 heterocycles. The van der Waals surface area contributed by atoms with Crippen LogP contribution in [0.3, 0.4) is 0 Å². The Balaban J connectivity index is 0. The molecule has 0 atom stereocenters. The van der Waals surface area contributed by atoms with E-state index in [9.17, 15) is 4.79 Å². The summed E-state index contributed by atoms with van der Waals surface area (Å²) in [5.74, 6) is -0.477. The van der Waals surface area contributed by atoms with E-state index in [2.05, 4.69) is 35.8 Å². The van der Waals surface area contributed by atoms with Gasteiger partial charge in [0.15, 0.2) is 0 Å². The molecule has 0 aromatic carbocycles. The van der Waals surface area contributed by atoms with Crippen molar-refractivity contribution in [3.63, 3.8) is 0 Å². The van der Waals surface area contributed by atoms with Crippen LogP contribution in [0, 0.1) is 0 Å². The van der Waals surface area contributed by atoms with Gasteiger partial charge in [-0.25, -0.2) is 4.79 Å². The molecule has 12 heavy (non-hydrogen) atoms. The smallest absolute Gasteiger partial charge is 0.334 e. The summed E-state index contributed by atoms with van der Waals surface area (Å²) in [7, 11) is 0. The van der Waals surface area contributed by atoms with E-state index in [1.165, 1.54) is 12.5 Å². The number of carbonyl (C=O) groups excluding carboxylic acids is 1. The Morgan fingerprint density at radius 3 is 1.58 bits per heavy atom. The van der Waals surface area contributed by atoms with Gasteiger partial charge in [0.25, 0.3) is 0 Å². The first-order valence-electron chi connectivity index (χ1n) is 3.04. The first kappa shape index (κ1) is 12.9. The van der Waals surface area contributed by atoms with Crippen LogP contribution in [0.2, 0.25) is 0 Å². The van der Waals surface area contributed by atoms with Gasteiger partial charge in [0.05, 0.1) is 18.8 Å². The highest BCUT2D eigenvalue weighted by atomic mass is 16.5. The van der Waals surface area contributed by atoms with Gasteiger partial charge in [0.1, 0.15) is 0 Å². The van der Waals surface area contributed by atoms with Crippen LogP contribution in [0.5, 0.6) is 0 Å². The molecule has 0 aromatic rings. The van der Waals surface area contributed by atoms with Crippen LogP contribution >= 0.6 is 0 Å². The van der Waals surface area contributed by atoms with E-state index >= 15 is 0 Å². The van der Waals surface area contributed by atoms with Crippen molar-refractivity contribution >= 4 is 5.97 Å². The highest BCUT2D eigenvalue weighted by molar-refractivity contribution is 5.81. The SMILES string of the molecule is C=COC(=O)C=C.C=COC=C. The van der Waals surface area contributed by atoms with Gasteiger partial charge in [-0.2, -0.15) is 0 Å². The third-order valence-corrected chi connectivity index (χ3v) is 0.559. The monoisotopic (exact) mass is 168 g/mol. The van der Waals surface area contributed by atoms with Crippen molar-refractivity contribution in [2.45, 2.75) is 0 Å². The van der Waals surface area contributed by atoms with Gasteiger partial charge in [0, 0.05) is 6.08 Å². The van der Waals surface area contributed by atoms with Crippen molar-refractivity contribution in [2.75, 3.05) is 0 Å². The zero-order valence-corrected chi connectivity index (χ0v) is 6.86. The minimum Gasteiger partial charge on any atom is -0.474 e. The molecule has 0 saturated heterocycles. The van der Waals surface area contributed by atoms with Crippen molar-refractivity contribution in [1.29, 1.82) is 0 Å². The summed E-state index contributed by atoms with van der Waals surface area (Å²) in [6.07, 6.45) is 4.76. The van der Waals surface area contributed by atoms with Crippen LogP contribution in [0.15, 0.2) is 51.2 Å². The Morgan fingerprint density at radius 1 is 1.00 bits per heavy atom. The average molecular weight is 168 g/mol. The molecule has 0 fully saturated rings. The molecule has 3 nitrogen and oxygen atoms in total. The molecule has 0 rings (SSSR count). The Kier molecular flexibility index (Phi) is 12.8. The number of carbonyl (C=O) groups is 1. The zero-order valence-electron chi connectivity index (χ0n) is 6.86. The highest BCUT2D eigenvalue weighted by Gasteiger charge is 1.84. The summed E-state index contributed by atoms with van der Waals surface area (Å²) in [6.45, 7) is 12.8. The fourth-order valence-electron chi connectivity index (χ4n) is 0.198. The lowest BCUT2D eigenvalue weighted by Gasteiger charge is -1.85. The third-order valence-electron chi connectivity index (χ3n) is 0.559. The molecule has 0 N–H and O–H groups in total. The Labute approximate surface area is 72.3 Å². The van der Waals surface area contributed by atoms with Crippen LogP contribution in [-0.4, -0.2) is 5.97 Å². The van der Waals surface area contributed by atoms with Crippen LogP contribution in [0.25, 0.3) is 0 Å². The molecule has 0 saturated carbocycles. The molecule has 0 bridgehead atoms. The standard InChI is InChI=1S/C5H6O2.C4H6O/c1-3-5(6)7-4-2;1-3-5-4-2/h3-4H,1-2H2;3-4H,1-2H2. The van der Waals surface area contributed by atoms with E-state index in [1.54, 1.807) is 0 Å². The molecular formula is C9H12O3. The lowest BCUT2D eigenvalue weighted by molar-refractivity contribution is -0.132. The van der Waals surface area contributed by atoms with E-state index in [4.69, 9.17) is 0 Å². The summed E-state index contributed by atoms with van der Waals surface area (Å²) in [4.78, 5) is 10.0. The summed E-state index contributed by atoms with van der Waals surface area (Å²) in [5, 5.41) is 0. The second-order valence-corrected chi connectivity index (χ2v) is 1.28. The molecule has 0 radical (unpaired) electrons. The zero-order chi connectivity index (χ0) is 9.82. The molecule has 0 aliphatic carbocycles. The van der Waals surface area contributed by atoms with Crippen molar-refractivity contribution < 1.29 is 14.3 Å². The number of ether oxygens (including phenoxy) is 2. The minimum atomic E-state index is -0.477. The van der Waals surface area contributed by atoms with Crippen LogP contribution in [0.4, 0.5) is 0 Å². The van der Waals surface area contributed by atoms with Crippen LogP contribution in [0.1, 0.15) is 0 Å². The molecule has 66 valence electrons. The second-order valence-electron chi connectivity index (χ2n) is 1.28. The predicted molar refractivity (Wildman–Crippen MR) is 48.0 cm³/mol. The molecule has 3 heteroatoms. The van der Waals surface area contributed by atoms with Gasteiger partial charge >= 0.3 is 5.97 Å². The summed E-state index contributed by atoms with van der Waals surface area (Å²) in [6, 6.07) is 0. The van der Waals surface area contributed by atoms with Gasteiger partial charge in [-0.1, -0.05) is 26.3 Å². The topological polar surface area (TPSA) is 35.5 Å². The van der Waals surface area contributed by atoms with E-state index in [-0.39, 0.29) is 0 Å². The first-order valence-corrected chi connectivity index (χ1v) is 3.04. The molecular weight excluding hydrogens is 156 g/mol. The summed E-state index contributed by atoms with van der Waals surface area (Å²) >= 11 is 0. The predicted octanol–water partition coefficient (Wildman–Crippen LogP) is 2.15. The normalized spacial score (nSPS) is 6.33. The Morgan fingerprint density at radius 2 is 1.50 bits per heavy atom. The van der Waals surface area contributed by atoms with Gasteiger partial charge in [-0.3, -0.25) is 0 Å². The van der Waals surface area contributed by atoms with E-state index in [1.807, 2.05) is 0 Å². The van der Waals surface area contributed by atoms with E-state index in [0.29, 0.717) is 0 Å². The van der Waals surface area contributed by atoms with Crippen molar-refractivity contribution in [2.24, 2.45) is 0 Å². The highest BCUT2D eigenvalue weighted by Crippen LogP contribution is 1.75. The van der Waals surface area contributed by atoms with E-state index < -0.39 is 5.97 Å². The van der Waals surface area contributed by atoms with Crippen LogP contribution in [-0.2, 0) is 14.3 Å². The Hall–Kier alpha value is -1.77. The molecule has 0 aromatic heterocycles. The first-order chi connectivity index (χ1) is 5.72. The molecule has 0 aliphatic heterocycles. The Bertz CT molecular complexity index is 165. The van der Waals surface area contributed by atoms with Gasteiger partial charge < -0.3 is 9.47 Å². The lowest BCUT2D eigenvalue weighted by atomic mass is 10.7. The second kappa shape index (κ2) is 12.0. The van der Waals surface area contributed by atoms with Gasteiger partial charge in [-0.05, 0) is 0 Å². The van der Waals surface area contributed by atoms with Gasteiger partial charge in [-0.15, -0.1) is 0 Å². The molecule has 0 unspecified atom stereocenters. The number of hydrogen-bond donors (Lipinski definition) is 0. The van der Waals surface area contributed by atoms with E-state index in [0.717, 1.165) is 12.3 Å². The lowest BCUT2D eigenvalue weighted by Crippen LogP contribution is -1.90. The third kappa shape index (κ3) is 15.7. The molecule has 0 aliphatic rings. The maximum absolute atomic E-state index is 10.0. The fraction of sp³-hybridized carbons (Fsp3) is 0. The minimum absolute atomic E-state index is 0.477.